The Morgan fingerprint density at radius 2 is 1.00 bits per heavy atom. The summed E-state index contributed by atoms with van der Waals surface area (Å²) < 4.78 is 11.1. The third-order valence-corrected chi connectivity index (χ3v) is 2.82. The molecule has 2 rings (SSSR count). The topological polar surface area (TPSA) is 18.5 Å². The molecule has 0 radical (unpaired) electrons. The van der Waals surface area contributed by atoms with Crippen molar-refractivity contribution in [1.29, 1.82) is 0 Å². The second kappa shape index (κ2) is 9.08. The Hall–Kier alpha value is -1.90. The molecule has 2 aromatic rings. The molecule has 0 N–H and O–H groups in total. The van der Waals surface area contributed by atoms with Gasteiger partial charge in [0.25, 0.3) is 0 Å². The summed E-state index contributed by atoms with van der Waals surface area (Å²) in [6, 6.07) is 20.3. The van der Waals surface area contributed by atoms with E-state index in [1.54, 1.807) is 0 Å². The van der Waals surface area contributed by atoms with E-state index < -0.39 is 0 Å². The third-order valence-electron chi connectivity index (χ3n) is 2.82. The van der Waals surface area contributed by atoms with E-state index >= 15 is 0 Å². The average Bonchev–Trinajstić information content (AvgIpc) is 2.52. The van der Waals surface area contributed by atoms with Gasteiger partial charge < -0.3 is 9.47 Å². The monoisotopic (exact) mass is 268 g/mol. The molecular weight excluding hydrogens is 248 g/mol. The van der Waals surface area contributed by atoms with E-state index in [0.717, 1.165) is 0 Å². The maximum absolute atomic E-state index is 5.54. The van der Waals surface area contributed by atoms with Gasteiger partial charge in [-0.3, -0.25) is 0 Å². The van der Waals surface area contributed by atoms with Crippen molar-refractivity contribution in [3.8, 4) is 0 Å². The van der Waals surface area contributed by atoms with Crippen LogP contribution in [0.15, 0.2) is 72.8 Å². The van der Waals surface area contributed by atoms with E-state index in [0.29, 0.717) is 26.4 Å². The molecule has 0 saturated heterocycles. The van der Waals surface area contributed by atoms with E-state index in [9.17, 15) is 0 Å². The zero-order valence-corrected chi connectivity index (χ0v) is 11.6. The normalized spacial score (nSPS) is 11.0. The molecule has 2 heteroatoms. The fourth-order valence-electron chi connectivity index (χ4n) is 1.77. The molecule has 0 saturated carbocycles. The fraction of sp³-hybridized carbons (Fsp3) is 0.222. The maximum Gasteiger partial charge on any atom is 0.0721 e. The van der Waals surface area contributed by atoms with Crippen LogP contribution in [0.5, 0.6) is 0 Å². The van der Waals surface area contributed by atoms with Gasteiger partial charge in [0, 0.05) is 0 Å². The summed E-state index contributed by atoms with van der Waals surface area (Å²) in [4.78, 5) is 0. The molecule has 0 aliphatic heterocycles. The summed E-state index contributed by atoms with van der Waals surface area (Å²) >= 11 is 0. The predicted molar refractivity (Wildman–Crippen MR) is 81.3 cm³/mol. The predicted octanol–water partition coefficient (Wildman–Crippen LogP) is 3.98. The van der Waals surface area contributed by atoms with Crippen molar-refractivity contribution in [1.82, 2.24) is 0 Å². The van der Waals surface area contributed by atoms with Crippen LogP contribution in [0.1, 0.15) is 11.1 Å². The van der Waals surface area contributed by atoms with Crippen LogP contribution < -0.4 is 0 Å². The van der Waals surface area contributed by atoms with Crippen molar-refractivity contribution in [2.45, 2.75) is 13.2 Å². The Bertz CT molecular complexity index is 444. The van der Waals surface area contributed by atoms with Gasteiger partial charge in [0.15, 0.2) is 0 Å². The van der Waals surface area contributed by atoms with Crippen LogP contribution >= 0.6 is 0 Å². The smallest absolute Gasteiger partial charge is 0.0721 e. The minimum atomic E-state index is 0.615. The third kappa shape index (κ3) is 5.83. The Morgan fingerprint density at radius 1 is 0.600 bits per heavy atom. The molecule has 2 nitrogen and oxygen atoms in total. The van der Waals surface area contributed by atoms with E-state index in [4.69, 9.17) is 9.47 Å². The molecule has 0 bridgehead atoms. The van der Waals surface area contributed by atoms with Crippen molar-refractivity contribution >= 4 is 0 Å². The lowest BCUT2D eigenvalue weighted by atomic mass is 10.2. The van der Waals surface area contributed by atoms with Crippen molar-refractivity contribution in [3.63, 3.8) is 0 Å². The first kappa shape index (κ1) is 14.5. The van der Waals surface area contributed by atoms with Gasteiger partial charge in [0.05, 0.1) is 26.4 Å². The molecule has 0 aliphatic rings. The van der Waals surface area contributed by atoms with Gasteiger partial charge in [0.2, 0.25) is 0 Å². The Kier molecular flexibility index (Phi) is 6.58. The van der Waals surface area contributed by atoms with Crippen LogP contribution in [-0.2, 0) is 22.7 Å². The van der Waals surface area contributed by atoms with Crippen molar-refractivity contribution in [2.75, 3.05) is 13.2 Å². The quantitative estimate of drug-likeness (QED) is 0.532. The van der Waals surface area contributed by atoms with Crippen molar-refractivity contribution < 1.29 is 9.47 Å². The molecule has 104 valence electrons. The van der Waals surface area contributed by atoms with Gasteiger partial charge in [-0.1, -0.05) is 72.8 Å². The molecule has 0 spiro atoms. The van der Waals surface area contributed by atoms with E-state index in [2.05, 4.69) is 24.3 Å². The summed E-state index contributed by atoms with van der Waals surface area (Å²) in [6.45, 7) is 2.53. The number of ether oxygens (including phenoxy) is 2. The highest BCUT2D eigenvalue weighted by Gasteiger charge is 1.90. The van der Waals surface area contributed by atoms with Crippen LogP contribution in [0.4, 0.5) is 0 Å². The zero-order chi connectivity index (χ0) is 13.9. The SMILES string of the molecule is C(=C/COCc1ccccc1)/COCc1ccccc1. The summed E-state index contributed by atoms with van der Waals surface area (Å²) in [6.07, 6.45) is 3.99. The second-order valence-corrected chi connectivity index (χ2v) is 4.47. The number of benzene rings is 2. The lowest BCUT2D eigenvalue weighted by Gasteiger charge is -2.02. The molecule has 0 aromatic heterocycles. The molecule has 2 aromatic carbocycles. The van der Waals surface area contributed by atoms with E-state index in [1.165, 1.54) is 11.1 Å². The average molecular weight is 268 g/mol. The van der Waals surface area contributed by atoms with Crippen molar-refractivity contribution in [3.05, 3.63) is 83.9 Å². The number of rotatable bonds is 8. The minimum Gasteiger partial charge on any atom is -0.373 e. The largest absolute Gasteiger partial charge is 0.373 e. The van der Waals surface area contributed by atoms with Gasteiger partial charge in [-0.05, 0) is 11.1 Å². The first-order valence-corrected chi connectivity index (χ1v) is 6.83. The molecule has 0 unspecified atom stereocenters. The highest BCUT2D eigenvalue weighted by Crippen LogP contribution is 2.01. The summed E-state index contributed by atoms with van der Waals surface area (Å²) in [5, 5.41) is 0. The molecule has 0 aliphatic carbocycles. The van der Waals surface area contributed by atoms with Crippen LogP contribution in [0, 0.1) is 0 Å². The van der Waals surface area contributed by atoms with Crippen LogP contribution in [0.2, 0.25) is 0 Å². The zero-order valence-electron chi connectivity index (χ0n) is 11.6. The Morgan fingerprint density at radius 3 is 1.40 bits per heavy atom. The van der Waals surface area contributed by atoms with Gasteiger partial charge >= 0.3 is 0 Å². The maximum atomic E-state index is 5.54. The second-order valence-electron chi connectivity index (χ2n) is 4.47. The van der Waals surface area contributed by atoms with Crippen molar-refractivity contribution in [2.24, 2.45) is 0 Å². The van der Waals surface area contributed by atoms with Gasteiger partial charge in [-0.15, -0.1) is 0 Å². The van der Waals surface area contributed by atoms with Gasteiger partial charge in [-0.25, -0.2) is 0 Å². The lowest BCUT2D eigenvalue weighted by Crippen LogP contribution is -1.94. The standard InChI is InChI=1S/C18H20O2/c1-3-9-17(10-4-1)15-19-13-7-8-14-20-16-18-11-5-2-6-12-18/h1-12H,13-16H2/b8-7-. The molecule has 0 atom stereocenters. The summed E-state index contributed by atoms with van der Waals surface area (Å²) in [5.74, 6) is 0. The minimum absolute atomic E-state index is 0.615. The first-order valence-electron chi connectivity index (χ1n) is 6.83. The highest BCUT2D eigenvalue weighted by atomic mass is 16.5. The molecule has 0 amide bonds. The number of hydrogen-bond donors (Lipinski definition) is 0. The summed E-state index contributed by atoms with van der Waals surface area (Å²) in [5.41, 5.74) is 2.39. The molecule has 0 fully saturated rings. The Labute approximate surface area is 120 Å². The van der Waals surface area contributed by atoms with Gasteiger partial charge in [0.1, 0.15) is 0 Å². The molecule has 0 heterocycles. The first-order chi connectivity index (χ1) is 9.95. The molecule has 20 heavy (non-hydrogen) atoms. The Balaban J connectivity index is 1.52. The van der Waals surface area contributed by atoms with Crippen LogP contribution in [-0.4, -0.2) is 13.2 Å². The van der Waals surface area contributed by atoms with E-state index in [1.807, 2.05) is 48.6 Å². The summed E-state index contributed by atoms with van der Waals surface area (Å²) in [7, 11) is 0. The number of hydrogen-bond acceptors (Lipinski definition) is 2. The van der Waals surface area contributed by atoms with Gasteiger partial charge in [-0.2, -0.15) is 0 Å². The van der Waals surface area contributed by atoms with E-state index in [-0.39, 0.29) is 0 Å². The highest BCUT2D eigenvalue weighted by molar-refractivity contribution is 5.14. The molecular formula is C18H20O2. The lowest BCUT2D eigenvalue weighted by molar-refractivity contribution is 0.140. The van der Waals surface area contributed by atoms with Crippen LogP contribution in [0.25, 0.3) is 0 Å². The van der Waals surface area contributed by atoms with Crippen LogP contribution in [0.3, 0.4) is 0 Å². The fourth-order valence-corrected chi connectivity index (χ4v) is 1.77.